The van der Waals surface area contributed by atoms with Gasteiger partial charge >= 0.3 is 0 Å². The van der Waals surface area contributed by atoms with E-state index < -0.39 is 0 Å². The van der Waals surface area contributed by atoms with Crippen molar-refractivity contribution in [2.75, 3.05) is 5.32 Å². The van der Waals surface area contributed by atoms with Crippen molar-refractivity contribution >= 4 is 22.6 Å². The van der Waals surface area contributed by atoms with Gasteiger partial charge in [0.15, 0.2) is 0 Å². The highest BCUT2D eigenvalue weighted by atomic mass is 16.1. The van der Waals surface area contributed by atoms with E-state index in [1.165, 1.54) is 0 Å². The third-order valence-corrected chi connectivity index (χ3v) is 3.56. The van der Waals surface area contributed by atoms with Crippen LogP contribution in [0.2, 0.25) is 0 Å². The molecule has 1 amide bonds. The maximum absolute atomic E-state index is 12.5. The largest absolute Gasteiger partial charge is 0.307 e. The van der Waals surface area contributed by atoms with Gasteiger partial charge in [0, 0.05) is 11.6 Å². The number of carbonyl (C=O) groups excluding carboxylic acids is 1. The number of aryl methyl sites for hydroxylation is 3. The number of pyridine rings is 2. The molecule has 1 aromatic carbocycles. The minimum Gasteiger partial charge on any atom is -0.307 e. The monoisotopic (exact) mass is 291 g/mol. The number of benzene rings is 1. The molecular formula is C18H17N3O. The molecule has 4 heteroatoms. The topological polar surface area (TPSA) is 54.9 Å². The third-order valence-electron chi connectivity index (χ3n) is 3.56. The van der Waals surface area contributed by atoms with E-state index >= 15 is 0 Å². The van der Waals surface area contributed by atoms with Crippen LogP contribution in [-0.2, 0) is 0 Å². The lowest BCUT2D eigenvalue weighted by atomic mass is 10.1. The van der Waals surface area contributed by atoms with Crippen molar-refractivity contribution in [2.45, 2.75) is 20.8 Å². The van der Waals surface area contributed by atoms with E-state index in [0.29, 0.717) is 17.1 Å². The lowest BCUT2D eigenvalue weighted by Crippen LogP contribution is -2.15. The summed E-state index contributed by atoms with van der Waals surface area (Å²) in [5.74, 6) is 0.351. The number of fused-ring (bicyclic) bond motifs is 1. The molecule has 2 aromatic heterocycles. The van der Waals surface area contributed by atoms with E-state index in [4.69, 9.17) is 0 Å². The van der Waals surface area contributed by atoms with E-state index in [0.717, 1.165) is 22.0 Å². The summed E-state index contributed by atoms with van der Waals surface area (Å²) in [7, 11) is 0. The smallest absolute Gasteiger partial charge is 0.258 e. The molecule has 22 heavy (non-hydrogen) atoms. The van der Waals surface area contributed by atoms with Crippen molar-refractivity contribution < 1.29 is 4.79 Å². The van der Waals surface area contributed by atoms with Crippen molar-refractivity contribution in [1.82, 2.24) is 9.97 Å². The zero-order valence-electron chi connectivity index (χ0n) is 12.8. The van der Waals surface area contributed by atoms with Crippen LogP contribution in [0, 0.1) is 20.8 Å². The molecule has 110 valence electrons. The number of rotatable bonds is 2. The van der Waals surface area contributed by atoms with E-state index in [9.17, 15) is 4.79 Å². The average molecular weight is 291 g/mol. The van der Waals surface area contributed by atoms with Gasteiger partial charge in [-0.3, -0.25) is 9.78 Å². The number of hydrogen-bond acceptors (Lipinski definition) is 3. The van der Waals surface area contributed by atoms with E-state index in [1.54, 1.807) is 12.3 Å². The fourth-order valence-electron chi connectivity index (χ4n) is 2.35. The maximum atomic E-state index is 12.5. The van der Waals surface area contributed by atoms with Crippen LogP contribution in [0.5, 0.6) is 0 Å². The SMILES string of the molecule is Cc1ccc(NC(=O)c2cc3cc(C)ccc3nc2C)nc1. The van der Waals surface area contributed by atoms with Gasteiger partial charge in [-0.2, -0.15) is 0 Å². The molecule has 0 saturated heterocycles. The summed E-state index contributed by atoms with van der Waals surface area (Å²) in [6.07, 6.45) is 1.73. The highest BCUT2D eigenvalue weighted by Gasteiger charge is 2.12. The first-order valence-electron chi connectivity index (χ1n) is 7.15. The van der Waals surface area contributed by atoms with Crippen LogP contribution in [0.15, 0.2) is 42.6 Å². The van der Waals surface area contributed by atoms with Crippen molar-refractivity contribution in [1.29, 1.82) is 0 Å². The predicted octanol–water partition coefficient (Wildman–Crippen LogP) is 3.81. The second-order valence-corrected chi connectivity index (χ2v) is 5.49. The molecule has 4 nitrogen and oxygen atoms in total. The summed E-state index contributed by atoms with van der Waals surface area (Å²) >= 11 is 0. The zero-order valence-corrected chi connectivity index (χ0v) is 12.8. The molecule has 0 bridgehead atoms. The van der Waals surface area contributed by atoms with E-state index in [2.05, 4.69) is 15.3 Å². The van der Waals surface area contributed by atoms with Crippen LogP contribution < -0.4 is 5.32 Å². The molecule has 1 N–H and O–H groups in total. The van der Waals surface area contributed by atoms with Gasteiger partial charge in [0.05, 0.1) is 16.8 Å². The second kappa shape index (κ2) is 5.56. The van der Waals surface area contributed by atoms with Crippen molar-refractivity contribution in [3.05, 3.63) is 65.0 Å². The third kappa shape index (κ3) is 2.81. The second-order valence-electron chi connectivity index (χ2n) is 5.49. The maximum Gasteiger partial charge on any atom is 0.258 e. The number of hydrogen-bond donors (Lipinski definition) is 1. The molecule has 0 spiro atoms. The Balaban J connectivity index is 1.96. The molecule has 0 aliphatic heterocycles. The van der Waals surface area contributed by atoms with E-state index in [1.807, 2.05) is 51.1 Å². The van der Waals surface area contributed by atoms with Gasteiger partial charge in [-0.15, -0.1) is 0 Å². The molecule has 3 rings (SSSR count). The van der Waals surface area contributed by atoms with Gasteiger partial charge in [-0.05, 0) is 50.6 Å². The first-order chi connectivity index (χ1) is 10.5. The van der Waals surface area contributed by atoms with Crippen LogP contribution in [0.25, 0.3) is 10.9 Å². The highest BCUT2D eigenvalue weighted by Crippen LogP contribution is 2.19. The Bertz CT molecular complexity index is 854. The Morgan fingerprint density at radius 1 is 1.00 bits per heavy atom. The molecule has 3 aromatic rings. The quantitative estimate of drug-likeness (QED) is 0.781. The van der Waals surface area contributed by atoms with Crippen LogP contribution in [0.1, 0.15) is 27.2 Å². The highest BCUT2D eigenvalue weighted by molar-refractivity contribution is 6.06. The minimum absolute atomic E-state index is 0.190. The molecule has 0 saturated carbocycles. The van der Waals surface area contributed by atoms with Gasteiger partial charge in [0.2, 0.25) is 0 Å². The Morgan fingerprint density at radius 3 is 2.50 bits per heavy atom. The molecule has 0 aliphatic rings. The van der Waals surface area contributed by atoms with Crippen molar-refractivity contribution in [3.63, 3.8) is 0 Å². The predicted molar refractivity (Wildman–Crippen MR) is 88.1 cm³/mol. The van der Waals surface area contributed by atoms with Crippen LogP contribution in [0.3, 0.4) is 0 Å². The summed E-state index contributed by atoms with van der Waals surface area (Å²) in [4.78, 5) is 21.2. The van der Waals surface area contributed by atoms with Gasteiger partial charge in [0.25, 0.3) is 5.91 Å². The molecule has 0 aliphatic carbocycles. The number of carbonyl (C=O) groups is 1. The van der Waals surface area contributed by atoms with E-state index in [-0.39, 0.29) is 5.91 Å². The van der Waals surface area contributed by atoms with Gasteiger partial charge < -0.3 is 5.32 Å². The summed E-state index contributed by atoms with van der Waals surface area (Å²) in [6, 6.07) is 11.6. The molecular weight excluding hydrogens is 274 g/mol. The van der Waals surface area contributed by atoms with Crippen LogP contribution >= 0.6 is 0 Å². The molecule has 0 fully saturated rings. The fraction of sp³-hybridized carbons (Fsp3) is 0.167. The van der Waals surface area contributed by atoms with Crippen LogP contribution in [0.4, 0.5) is 5.82 Å². The fourth-order valence-corrected chi connectivity index (χ4v) is 2.35. The summed E-state index contributed by atoms with van der Waals surface area (Å²) in [6.45, 7) is 5.82. The Kier molecular flexibility index (Phi) is 3.59. The van der Waals surface area contributed by atoms with Crippen molar-refractivity contribution in [2.24, 2.45) is 0 Å². The average Bonchev–Trinajstić information content (AvgIpc) is 2.49. The number of amides is 1. The standard InChI is InChI=1S/C18H17N3O/c1-11-4-6-16-14(8-11)9-15(13(3)20-16)18(22)21-17-7-5-12(2)10-19-17/h4-10H,1-3H3,(H,19,21,22). The normalized spacial score (nSPS) is 10.7. The summed E-state index contributed by atoms with van der Waals surface area (Å²) in [5, 5.41) is 3.78. The first kappa shape index (κ1) is 14.2. The molecule has 0 unspecified atom stereocenters. The van der Waals surface area contributed by atoms with Crippen molar-refractivity contribution in [3.8, 4) is 0 Å². The molecule has 0 atom stereocenters. The summed E-state index contributed by atoms with van der Waals surface area (Å²) < 4.78 is 0. The lowest BCUT2D eigenvalue weighted by Gasteiger charge is -2.09. The van der Waals surface area contributed by atoms with Crippen LogP contribution in [-0.4, -0.2) is 15.9 Å². The number of nitrogens with one attached hydrogen (secondary N) is 1. The number of aromatic nitrogens is 2. The van der Waals surface area contributed by atoms with Gasteiger partial charge in [-0.25, -0.2) is 4.98 Å². The molecule has 0 radical (unpaired) electrons. The minimum atomic E-state index is -0.190. The lowest BCUT2D eigenvalue weighted by molar-refractivity contribution is 0.102. The number of nitrogens with zero attached hydrogens (tertiary/aromatic N) is 2. The Hall–Kier alpha value is -2.75. The number of anilines is 1. The molecule has 2 heterocycles. The Morgan fingerprint density at radius 2 is 1.77 bits per heavy atom. The van der Waals surface area contributed by atoms with Gasteiger partial charge in [-0.1, -0.05) is 17.7 Å². The Labute approximate surface area is 129 Å². The van der Waals surface area contributed by atoms with Gasteiger partial charge in [0.1, 0.15) is 5.82 Å². The first-order valence-corrected chi connectivity index (χ1v) is 7.15. The summed E-state index contributed by atoms with van der Waals surface area (Å²) in [5.41, 5.74) is 4.37. The zero-order chi connectivity index (χ0) is 15.7.